The maximum atomic E-state index is 12.5. The van der Waals surface area contributed by atoms with Crippen molar-refractivity contribution in [1.29, 1.82) is 0 Å². The minimum absolute atomic E-state index is 0.0443. The van der Waals surface area contributed by atoms with E-state index in [0.29, 0.717) is 18.7 Å². The predicted octanol–water partition coefficient (Wildman–Crippen LogP) is 0.0402. The average molecular weight is 317 g/mol. The Morgan fingerprint density at radius 2 is 2.19 bits per heavy atom. The van der Waals surface area contributed by atoms with Gasteiger partial charge in [0.2, 0.25) is 10.0 Å². The molecule has 1 aromatic heterocycles. The lowest BCUT2D eigenvalue weighted by Gasteiger charge is -2.16. The highest BCUT2D eigenvalue weighted by Gasteiger charge is 2.32. The van der Waals surface area contributed by atoms with E-state index < -0.39 is 16.0 Å². The molecule has 0 radical (unpaired) electrons. The molecule has 0 spiro atoms. The van der Waals surface area contributed by atoms with Crippen LogP contribution in [0.1, 0.15) is 24.7 Å². The second kappa shape index (κ2) is 5.74. The normalized spacial score (nSPS) is 22.6. The van der Waals surface area contributed by atoms with Crippen LogP contribution in [-0.2, 0) is 26.1 Å². The van der Waals surface area contributed by atoms with Gasteiger partial charge in [-0.25, -0.2) is 13.1 Å². The highest BCUT2D eigenvalue weighted by Crippen LogP contribution is 2.22. The second-order valence-electron chi connectivity index (χ2n) is 5.14. The van der Waals surface area contributed by atoms with Crippen LogP contribution < -0.4 is 4.72 Å². The molecule has 21 heavy (non-hydrogen) atoms. The fourth-order valence-electron chi connectivity index (χ4n) is 2.50. The second-order valence-corrected chi connectivity index (χ2v) is 6.79. The fraction of sp³-hybridized carbons (Fsp3) is 0.667. The minimum atomic E-state index is -3.76. The van der Waals surface area contributed by atoms with Gasteiger partial charge in [-0.3, -0.25) is 9.48 Å². The SMILES string of the molecule is Cc1nn(CC(=O)O)c(C)c1S(=O)(=O)NC1CCOC1C. The van der Waals surface area contributed by atoms with E-state index in [2.05, 4.69) is 9.82 Å². The summed E-state index contributed by atoms with van der Waals surface area (Å²) in [4.78, 5) is 10.8. The molecule has 0 aliphatic carbocycles. The van der Waals surface area contributed by atoms with Crippen LogP contribution in [0.25, 0.3) is 0 Å². The molecule has 9 heteroatoms. The van der Waals surface area contributed by atoms with Gasteiger partial charge in [-0.1, -0.05) is 0 Å². The Morgan fingerprint density at radius 1 is 1.52 bits per heavy atom. The van der Waals surface area contributed by atoms with Crippen molar-refractivity contribution in [3.63, 3.8) is 0 Å². The Hall–Kier alpha value is -1.45. The van der Waals surface area contributed by atoms with Gasteiger partial charge < -0.3 is 9.84 Å². The summed E-state index contributed by atoms with van der Waals surface area (Å²) in [6, 6.07) is -0.281. The van der Waals surface area contributed by atoms with E-state index >= 15 is 0 Å². The van der Waals surface area contributed by atoms with Gasteiger partial charge in [-0.05, 0) is 27.2 Å². The highest BCUT2D eigenvalue weighted by molar-refractivity contribution is 7.89. The molecule has 1 aliphatic heterocycles. The van der Waals surface area contributed by atoms with E-state index in [1.54, 1.807) is 13.8 Å². The summed E-state index contributed by atoms with van der Waals surface area (Å²) in [5.74, 6) is -1.07. The third kappa shape index (κ3) is 3.25. The molecule has 0 aromatic carbocycles. The van der Waals surface area contributed by atoms with Crippen LogP contribution in [0.15, 0.2) is 4.90 Å². The number of carboxylic acids is 1. The summed E-state index contributed by atoms with van der Waals surface area (Å²) < 4.78 is 34.2. The number of rotatable bonds is 5. The number of aliphatic carboxylic acids is 1. The monoisotopic (exact) mass is 317 g/mol. The van der Waals surface area contributed by atoms with E-state index in [0.717, 1.165) is 0 Å². The highest BCUT2D eigenvalue weighted by atomic mass is 32.2. The van der Waals surface area contributed by atoms with Gasteiger partial charge in [-0.15, -0.1) is 0 Å². The number of nitrogens with zero attached hydrogens (tertiary/aromatic N) is 2. The molecule has 0 saturated carbocycles. The Kier molecular flexibility index (Phi) is 4.35. The molecule has 0 amide bonds. The summed E-state index contributed by atoms with van der Waals surface area (Å²) in [7, 11) is -3.76. The van der Waals surface area contributed by atoms with Crippen LogP contribution in [0.4, 0.5) is 0 Å². The summed E-state index contributed by atoms with van der Waals surface area (Å²) in [6.45, 7) is 5.06. The van der Waals surface area contributed by atoms with Crippen molar-refractivity contribution in [3.05, 3.63) is 11.4 Å². The zero-order chi connectivity index (χ0) is 15.8. The molecule has 2 atom stereocenters. The Balaban J connectivity index is 2.31. The first-order valence-electron chi connectivity index (χ1n) is 6.62. The van der Waals surface area contributed by atoms with Crippen LogP contribution in [0, 0.1) is 13.8 Å². The smallest absolute Gasteiger partial charge is 0.325 e. The molecule has 118 valence electrons. The topological polar surface area (TPSA) is 111 Å². The molecule has 8 nitrogen and oxygen atoms in total. The molecule has 2 rings (SSSR count). The molecule has 2 N–H and O–H groups in total. The van der Waals surface area contributed by atoms with Crippen LogP contribution in [0.5, 0.6) is 0 Å². The molecule has 1 fully saturated rings. The molecular formula is C12H19N3O5S. The summed E-state index contributed by atoms with van der Waals surface area (Å²) in [5.41, 5.74) is 0.599. The Bertz CT molecular complexity index is 652. The molecular weight excluding hydrogens is 298 g/mol. The van der Waals surface area contributed by atoms with Gasteiger partial charge in [0.1, 0.15) is 11.4 Å². The van der Waals surface area contributed by atoms with Gasteiger partial charge in [-0.2, -0.15) is 5.10 Å². The van der Waals surface area contributed by atoms with Crippen molar-refractivity contribution in [1.82, 2.24) is 14.5 Å². The first-order chi connectivity index (χ1) is 9.72. The Labute approximate surface area is 123 Å². The van der Waals surface area contributed by atoms with E-state index in [1.807, 2.05) is 6.92 Å². The first kappa shape index (κ1) is 15.9. The standard InChI is InChI=1S/C12H19N3O5S/c1-7-12(8(2)15(13-7)6-11(16)17)21(18,19)14-10-4-5-20-9(10)3/h9-10,14H,4-6H2,1-3H3,(H,16,17). The van der Waals surface area contributed by atoms with Crippen molar-refractivity contribution in [2.75, 3.05) is 6.61 Å². The lowest BCUT2D eigenvalue weighted by Crippen LogP contribution is -2.39. The number of nitrogens with one attached hydrogen (secondary N) is 1. The molecule has 2 unspecified atom stereocenters. The maximum absolute atomic E-state index is 12.5. The van der Waals surface area contributed by atoms with Crippen LogP contribution in [0.3, 0.4) is 0 Å². The van der Waals surface area contributed by atoms with Gasteiger partial charge in [0, 0.05) is 6.61 Å². The van der Waals surface area contributed by atoms with Crippen molar-refractivity contribution >= 4 is 16.0 Å². The first-order valence-corrected chi connectivity index (χ1v) is 8.10. The molecule has 0 bridgehead atoms. The molecule has 1 saturated heterocycles. The summed E-state index contributed by atoms with van der Waals surface area (Å²) in [6.07, 6.45) is 0.427. The lowest BCUT2D eigenvalue weighted by atomic mass is 10.2. The van der Waals surface area contributed by atoms with Gasteiger partial charge in [0.05, 0.1) is 23.5 Å². The van der Waals surface area contributed by atoms with Crippen molar-refractivity contribution in [2.24, 2.45) is 0 Å². The van der Waals surface area contributed by atoms with Crippen molar-refractivity contribution in [3.8, 4) is 0 Å². The number of hydrogen-bond acceptors (Lipinski definition) is 5. The van der Waals surface area contributed by atoms with Gasteiger partial charge in [0.25, 0.3) is 0 Å². The largest absolute Gasteiger partial charge is 0.480 e. The number of carboxylic acid groups (broad SMARTS) is 1. The number of carbonyl (C=O) groups is 1. The number of sulfonamides is 1. The quantitative estimate of drug-likeness (QED) is 0.793. The molecule has 1 aliphatic rings. The summed E-state index contributed by atoms with van der Waals surface area (Å²) >= 11 is 0. The zero-order valence-corrected chi connectivity index (χ0v) is 13.0. The fourth-order valence-corrected chi connectivity index (χ4v) is 4.25. The van der Waals surface area contributed by atoms with Gasteiger partial charge >= 0.3 is 5.97 Å². The third-order valence-electron chi connectivity index (χ3n) is 3.55. The van der Waals surface area contributed by atoms with Crippen LogP contribution in [-0.4, -0.2) is 48.0 Å². The molecule has 2 heterocycles. The zero-order valence-electron chi connectivity index (χ0n) is 12.2. The third-order valence-corrected chi connectivity index (χ3v) is 5.29. The van der Waals surface area contributed by atoms with Crippen molar-refractivity contribution in [2.45, 2.75) is 50.8 Å². The Morgan fingerprint density at radius 3 is 2.71 bits per heavy atom. The van der Waals surface area contributed by atoms with E-state index in [-0.39, 0.29) is 29.3 Å². The van der Waals surface area contributed by atoms with E-state index in [1.165, 1.54) is 4.68 Å². The van der Waals surface area contributed by atoms with Gasteiger partial charge in [0.15, 0.2) is 0 Å². The number of ether oxygens (including phenoxy) is 1. The predicted molar refractivity (Wildman–Crippen MR) is 73.5 cm³/mol. The maximum Gasteiger partial charge on any atom is 0.325 e. The number of aromatic nitrogens is 2. The van der Waals surface area contributed by atoms with E-state index in [9.17, 15) is 13.2 Å². The number of hydrogen-bond donors (Lipinski definition) is 2. The van der Waals surface area contributed by atoms with E-state index in [4.69, 9.17) is 9.84 Å². The lowest BCUT2D eigenvalue weighted by molar-refractivity contribution is -0.137. The average Bonchev–Trinajstić information content (AvgIpc) is 2.83. The van der Waals surface area contributed by atoms with Crippen LogP contribution >= 0.6 is 0 Å². The minimum Gasteiger partial charge on any atom is -0.480 e. The summed E-state index contributed by atoms with van der Waals surface area (Å²) in [5, 5.41) is 12.8. The van der Waals surface area contributed by atoms with Crippen molar-refractivity contribution < 1.29 is 23.1 Å². The number of aryl methyl sites for hydroxylation is 1. The molecule has 1 aromatic rings. The van der Waals surface area contributed by atoms with Crippen LogP contribution in [0.2, 0.25) is 0 Å².